The minimum absolute atomic E-state index is 0.0111. The molecule has 0 aliphatic carbocycles. The van der Waals surface area contributed by atoms with Crippen LogP contribution in [0.2, 0.25) is 0 Å². The standard InChI is InChI=1S/C14H19N3O3/c1-2-5-16-13(18)8-17-11-4-3-10(7-15)6-12(11)20-9-14(17)19/h3-4,6H,2,5,7-9,15H2,1H3,(H,16,18). The molecule has 0 bridgehead atoms. The second kappa shape index (κ2) is 6.38. The summed E-state index contributed by atoms with van der Waals surface area (Å²) in [5.41, 5.74) is 7.12. The molecule has 0 aromatic heterocycles. The number of amides is 2. The van der Waals surface area contributed by atoms with Gasteiger partial charge in [-0.3, -0.25) is 14.5 Å². The lowest BCUT2D eigenvalue weighted by Gasteiger charge is -2.29. The number of hydrogen-bond donors (Lipinski definition) is 2. The number of hydrogen-bond acceptors (Lipinski definition) is 4. The topological polar surface area (TPSA) is 84.7 Å². The van der Waals surface area contributed by atoms with Gasteiger partial charge in [0.15, 0.2) is 6.61 Å². The van der Waals surface area contributed by atoms with E-state index in [0.717, 1.165) is 12.0 Å². The molecular weight excluding hydrogens is 258 g/mol. The van der Waals surface area contributed by atoms with E-state index in [2.05, 4.69) is 5.32 Å². The van der Waals surface area contributed by atoms with Crippen molar-refractivity contribution in [3.63, 3.8) is 0 Å². The lowest BCUT2D eigenvalue weighted by atomic mass is 10.1. The molecule has 6 heteroatoms. The Hall–Kier alpha value is -2.08. The third-order valence-electron chi connectivity index (χ3n) is 3.08. The first kappa shape index (κ1) is 14.3. The van der Waals surface area contributed by atoms with Crippen LogP contribution in [0.3, 0.4) is 0 Å². The van der Waals surface area contributed by atoms with Crippen molar-refractivity contribution < 1.29 is 14.3 Å². The van der Waals surface area contributed by atoms with Crippen molar-refractivity contribution >= 4 is 17.5 Å². The minimum atomic E-state index is -0.218. The summed E-state index contributed by atoms with van der Waals surface area (Å²) in [6.45, 7) is 2.95. The summed E-state index contributed by atoms with van der Waals surface area (Å²) in [7, 11) is 0. The van der Waals surface area contributed by atoms with Gasteiger partial charge >= 0.3 is 0 Å². The van der Waals surface area contributed by atoms with Crippen LogP contribution < -0.4 is 20.7 Å². The van der Waals surface area contributed by atoms with E-state index in [1.165, 1.54) is 4.90 Å². The molecule has 2 rings (SSSR count). The zero-order valence-corrected chi connectivity index (χ0v) is 11.5. The molecule has 0 atom stereocenters. The molecule has 0 radical (unpaired) electrons. The van der Waals surface area contributed by atoms with Crippen molar-refractivity contribution in [3.8, 4) is 5.75 Å². The molecule has 1 aromatic carbocycles. The first-order valence-corrected chi connectivity index (χ1v) is 6.68. The second-order valence-electron chi connectivity index (χ2n) is 4.62. The Bertz CT molecular complexity index is 516. The van der Waals surface area contributed by atoms with Crippen LogP contribution in [0.1, 0.15) is 18.9 Å². The molecular formula is C14H19N3O3. The second-order valence-corrected chi connectivity index (χ2v) is 4.62. The van der Waals surface area contributed by atoms with E-state index in [1.807, 2.05) is 13.0 Å². The number of carbonyl (C=O) groups is 2. The molecule has 0 spiro atoms. The summed E-state index contributed by atoms with van der Waals surface area (Å²) >= 11 is 0. The number of anilines is 1. The van der Waals surface area contributed by atoms with Crippen molar-refractivity contribution in [2.45, 2.75) is 19.9 Å². The molecule has 6 nitrogen and oxygen atoms in total. The van der Waals surface area contributed by atoms with Gasteiger partial charge in [-0.2, -0.15) is 0 Å². The molecule has 1 aliphatic heterocycles. The van der Waals surface area contributed by atoms with Crippen LogP contribution in [0.5, 0.6) is 5.75 Å². The van der Waals surface area contributed by atoms with E-state index in [4.69, 9.17) is 10.5 Å². The first-order valence-electron chi connectivity index (χ1n) is 6.68. The molecule has 2 amide bonds. The normalized spacial score (nSPS) is 13.7. The van der Waals surface area contributed by atoms with Gasteiger partial charge in [0.25, 0.3) is 5.91 Å². The number of benzene rings is 1. The molecule has 1 heterocycles. The van der Waals surface area contributed by atoms with Gasteiger partial charge in [-0.15, -0.1) is 0 Å². The molecule has 3 N–H and O–H groups in total. The highest BCUT2D eigenvalue weighted by molar-refractivity contribution is 6.02. The van der Waals surface area contributed by atoms with Crippen LogP contribution in [0.4, 0.5) is 5.69 Å². The van der Waals surface area contributed by atoms with Gasteiger partial charge in [0.05, 0.1) is 5.69 Å². The van der Waals surface area contributed by atoms with Crippen molar-refractivity contribution in [2.24, 2.45) is 5.73 Å². The minimum Gasteiger partial charge on any atom is -0.482 e. The first-order chi connectivity index (χ1) is 9.65. The number of ether oxygens (including phenoxy) is 1. The fourth-order valence-electron chi connectivity index (χ4n) is 2.01. The third kappa shape index (κ3) is 3.08. The number of rotatable bonds is 5. The van der Waals surface area contributed by atoms with E-state index in [-0.39, 0.29) is 25.0 Å². The lowest BCUT2D eigenvalue weighted by Crippen LogP contribution is -2.45. The average Bonchev–Trinajstić information content (AvgIpc) is 2.47. The molecule has 0 saturated heterocycles. The Morgan fingerprint density at radius 1 is 1.50 bits per heavy atom. The third-order valence-corrected chi connectivity index (χ3v) is 3.08. The van der Waals surface area contributed by atoms with Crippen LogP contribution in [0, 0.1) is 0 Å². The smallest absolute Gasteiger partial charge is 0.265 e. The predicted molar refractivity (Wildman–Crippen MR) is 75.5 cm³/mol. The van der Waals surface area contributed by atoms with E-state index in [0.29, 0.717) is 24.5 Å². The van der Waals surface area contributed by atoms with Crippen molar-refractivity contribution in [1.29, 1.82) is 0 Å². The van der Waals surface area contributed by atoms with Gasteiger partial charge in [0.2, 0.25) is 5.91 Å². The summed E-state index contributed by atoms with van der Waals surface area (Å²) in [4.78, 5) is 25.1. The lowest BCUT2D eigenvalue weighted by molar-refractivity contribution is -0.125. The largest absolute Gasteiger partial charge is 0.482 e. The molecule has 0 fully saturated rings. The molecule has 108 valence electrons. The molecule has 20 heavy (non-hydrogen) atoms. The SMILES string of the molecule is CCCNC(=O)CN1C(=O)COc2cc(CN)ccc21. The fraction of sp³-hybridized carbons (Fsp3) is 0.429. The maximum atomic E-state index is 11.9. The number of fused-ring (bicyclic) bond motifs is 1. The van der Waals surface area contributed by atoms with Crippen LogP contribution in [-0.4, -0.2) is 31.5 Å². The Balaban J connectivity index is 2.17. The van der Waals surface area contributed by atoms with E-state index in [1.54, 1.807) is 12.1 Å². The molecule has 0 unspecified atom stereocenters. The van der Waals surface area contributed by atoms with Crippen LogP contribution in [0.15, 0.2) is 18.2 Å². The van der Waals surface area contributed by atoms with Crippen molar-refractivity contribution in [1.82, 2.24) is 5.32 Å². The Labute approximate surface area is 117 Å². The monoisotopic (exact) mass is 277 g/mol. The molecule has 1 aliphatic rings. The number of nitrogens with zero attached hydrogens (tertiary/aromatic N) is 1. The molecule has 1 aromatic rings. The van der Waals surface area contributed by atoms with Gasteiger partial charge < -0.3 is 15.8 Å². The molecule has 0 saturated carbocycles. The van der Waals surface area contributed by atoms with Crippen molar-refractivity contribution in [3.05, 3.63) is 23.8 Å². The van der Waals surface area contributed by atoms with Gasteiger partial charge in [0.1, 0.15) is 12.3 Å². The van der Waals surface area contributed by atoms with Gasteiger partial charge in [-0.1, -0.05) is 13.0 Å². The maximum Gasteiger partial charge on any atom is 0.265 e. The highest BCUT2D eigenvalue weighted by Crippen LogP contribution is 2.32. The number of nitrogens with two attached hydrogens (primary N) is 1. The van der Waals surface area contributed by atoms with Crippen molar-refractivity contribution in [2.75, 3.05) is 24.6 Å². The van der Waals surface area contributed by atoms with Gasteiger partial charge in [0, 0.05) is 13.1 Å². The number of carbonyl (C=O) groups excluding carboxylic acids is 2. The zero-order valence-electron chi connectivity index (χ0n) is 11.5. The highest BCUT2D eigenvalue weighted by Gasteiger charge is 2.27. The number of nitrogens with one attached hydrogen (secondary N) is 1. The van der Waals surface area contributed by atoms with Gasteiger partial charge in [-0.05, 0) is 24.1 Å². The van der Waals surface area contributed by atoms with E-state index < -0.39 is 0 Å². The van der Waals surface area contributed by atoms with Gasteiger partial charge in [-0.25, -0.2) is 0 Å². The Morgan fingerprint density at radius 2 is 2.30 bits per heavy atom. The fourth-order valence-corrected chi connectivity index (χ4v) is 2.01. The summed E-state index contributed by atoms with van der Waals surface area (Å²) < 4.78 is 5.39. The quantitative estimate of drug-likeness (QED) is 0.815. The Morgan fingerprint density at radius 3 is 3.00 bits per heavy atom. The van der Waals surface area contributed by atoms with Crippen LogP contribution >= 0.6 is 0 Å². The Kier molecular flexibility index (Phi) is 4.57. The predicted octanol–water partition coefficient (Wildman–Crippen LogP) is 0.397. The summed E-state index contributed by atoms with van der Waals surface area (Å²) in [6.07, 6.45) is 0.860. The summed E-state index contributed by atoms with van der Waals surface area (Å²) in [5.74, 6) is 0.205. The summed E-state index contributed by atoms with van der Waals surface area (Å²) in [5, 5.41) is 2.76. The zero-order chi connectivity index (χ0) is 14.5. The summed E-state index contributed by atoms with van der Waals surface area (Å²) in [6, 6.07) is 5.40. The van der Waals surface area contributed by atoms with Crippen LogP contribution in [-0.2, 0) is 16.1 Å². The highest BCUT2D eigenvalue weighted by atomic mass is 16.5. The maximum absolute atomic E-state index is 11.9. The average molecular weight is 277 g/mol. The van der Waals surface area contributed by atoms with E-state index >= 15 is 0 Å². The van der Waals surface area contributed by atoms with E-state index in [9.17, 15) is 9.59 Å². The van der Waals surface area contributed by atoms with Crippen LogP contribution in [0.25, 0.3) is 0 Å².